The number of carbonyl (C=O) groups is 1. The first kappa shape index (κ1) is 19.1. The molecule has 3 aromatic rings. The van der Waals surface area contributed by atoms with Gasteiger partial charge in [0.15, 0.2) is 0 Å². The molecule has 0 spiro atoms. The van der Waals surface area contributed by atoms with Crippen molar-refractivity contribution >= 4 is 35.0 Å². The fourth-order valence-corrected chi connectivity index (χ4v) is 3.26. The van der Waals surface area contributed by atoms with Gasteiger partial charge in [0.25, 0.3) is 5.91 Å². The van der Waals surface area contributed by atoms with Gasteiger partial charge in [0, 0.05) is 27.4 Å². The molecule has 0 aliphatic rings. The molecule has 0 radical (unpaired) electrons. The number of nitrogens with one attached hydrogen (secondary N) is 1. The zero-order chi connectivity index (χ0) is 19.1. The molecule has 27 heavy (non-hydrogen) atoms. The summed E-state index contributed by atoms with van der Waals surface area (Å²) in [6.45, 7) is 1.81. The van der Waals surface area contributed by atoms with E-state index in [9.17, 15) is 4.79 Å². The standard InChI is InChI=1S/C21H18ClN3OS/c1-15(20-4-2-3-13-23-20)24-25-21(26)17-7-5-16(6-8-17)14-27-19-11-9-18(22)10-12-19/h2-13H,14H2,1H3,(H,25,26)/b24-15-. The maximum absolute atomic E-state index is 12.2. The number of nitrogens with zero attached hydrogens (tertiary/aromatic N) is 2. The average molecular weight is 396 g/mol. The van der Waals surface area contributed by atoms with Crippen molar-refractivity contribution in [2.24, 2.45) is 5.10 Å². The van der Waals surface area contributed by atoms with Gasteiger partial charge in [-0.3, -0.25) is 9.78 Å². The van der Waals surface area contributed by atoms with Gasteiger partial charge in [0.05, 0.1) is 11.4 Å². The first-order chi connectivity index (χ1) is 13.1. The Labute approximate surface area is 167 Å². The monoisotopic (exact) mass is 395 g/mol. The van der Waals surface area contributed by atoms with E-state index in [4.69, 9.17) is 11.6 Å². The molecule has 0 saturated heterocycles. The molecule has 1 heterocycles. The lowest BCUT2D eigenvalue weighted by atomic mass is 10.1. The van der Waals surface area contributed by atoms with Crippen molar-refractivity contribution in [3.05, 3.63) is 94.8 Å². The quantitative estimate of drug-likeness (QED) is 0.355. The minimum absolute atomic E-state index is 0.248. The molecule has 136 valence electrons. The van der Waals surface area contributed by atoms with Crippen molar-refractivity contribution in [3.63, 3.8) is 0 Å². The van der Waals surface area contributed by atoms with Crippen LogP contribution in [0.3, 0.4) is 0 Å². The first-order valence-electron chi connectivity index (χ1n) is 8.35. The Morgan fingerprint density at radius 2 is 1.81 bits per heavy atom. The van der Waals surface area contributed by atoms with E-state index in [0.717, 1.165) is 26.9 Å². The van der Waals surface area contributed by atoms with Crippen LogP contribution in [0.5, 0.6) is 0 Å². The third-order valence-electron chi connectivity index (χ3n) is 3.80. The summed E-state index contributed by atoms with van der Waals surface area (Å²) < 4.78 is 0. The molecule has 6 heteroatoms. The van der Waals surface area contributed by atoms with Crippen LogP contribution < -0.4 is 5.43 Å². The van der Waals surface area contributed by atoms with Gasteiger partial charge in [-0.05, 0) is 61.0 Å². The molecule has 0 bridgehead atoms. The fourth-order valence-electron chi connectivity index (χ4n) is 2.28. The van der Waals surface area contributed by atoms with Crippen molar-refractivity contribution in [2.75, 3.05) is 0 Å². The molecule has 4 nitrogen and oxygen atoms in total. The minimum atomic E-state index is -0.248. The number of benzene rings is 2. The van der Waals surface area contributed by atoms with Crippen molar-refractivity contribution in [3.8, 4) is 0 Å². The molecule has 0 aliphatic carbocycles. The Morgan fingerprint density at radius 1 is 1.07 bits per heavy atom. The van der Waals surface area contributed by atoms with Crippen molar-refractivity contribution < 1.29 is 4.79 Å². The average Bonchev–Trinajstić information content (AvgIpc) is 2.72. The molecule has 1 aromatic heterocycles. The third-order valence-corrected chi connectivity index (χ3v) is 5.13. The summed E-state index contributed by atoms with van der Waals surface area (Å²) in [5.74, 6) is 0.572. The summed E-state index contributed by atoms with van der Waals surface area (Å²) in [4.78, 5) is 17.6. The normalized spacial score (nSPS) is 11.3. The molecule has 2 aromatic carbocycles. The van der Waals surface area contributed by atoms with E-state index in [2.05, 4.69) is 15.5 Å². The molecule has 0 atom stereocenters. The largest absolute Gasteiger partial charge is 0.271 e. The number of thioether (sulfide) groups is 1. The SMILES string of the molecule is C/C(=N/NC(=O)c1ccc(CSc2ccc(Cl)cc2)cc1)c1ccccn1. The van der Waals surface area contributed by atoms with E-state index in [-0.39, 0.29) is 5.91 Å². The lowest BCUT2D eigenvalue weighted by Gasteiger charge is -2.05. The summed E-state index contributed by atoms with van der Waals surface area (Å²) in [7, 11) is 0. The van der Waals surface area contributed by atoms with E-state index in [1.807, 2.05) is 54.6 Å². The van der Waals surface area contributed by atoms with Gasteiger partial charge in [-0.1, -0.05) is 29.8 Å². The van der Waals surface area contributed by atoms with Gasteiger partial charge >= 0.3 is 0 Å². The second-order valence-corrected chi connectivity index (χ2v) is 7.28. The molecule has 0 saturated carbocycles. The van der Waals surface area contributed by atoms with Gasteiger partial charge in [0.1, 0.15) is 0 Å². The predicted octanol–water partition coefficient (Wildman–Crippen LogP) is 5.18. The molecular weight excluding hydrogens is 378 g/mol. The summed E-state index contributed by atoms with van der Waals surface area (Å²) in [5.41, 5.74) is 5.65. The second kappa shape index (κ2) is 9.35. The highest BCUT2D eigenvalue weighted by Gasteiger charge is 2.06. The maximum Gasteiger partial charge on any atom is 0.271 e. The van der Waals surface area contributed by atoms with E-state index in [1.165, 1.54) is 0 Å². The topological polar surface area (TPSA) is 54.4 Å². The predicted molar refractivity (Wildman–Crippen MR) is 111 cm³/mol. The number of halogens is 1. The zero-order valence-electron chi connectivity index (χ0n) is 14.7. The maximum atomic E-state index is 12.2. The summed E-state index contributed by atoms with van der Waals surface area (Å²) >= 11 is 7.62. The minimum Gasteiger partial charge on any atom is -0.267 e. The number of pyridine rings is 1. The highest BCUT2D eigenvalue weighted by molar-refractivity contribution is 7.98. The van der Waals surface area contributed by atoms with Gasteiger partial charge in [-0.2, -0.15) is 5.10 Å². The number of aromatic nitrogens is 1. The Hall–Kier alpha value is -2.63. The Morgan fingerprint density at radius 3 is 2.48 bits per heavy atom. The van der Waals surface area contributed by atoms with Gasteiger partial charge < -0.3 is 0 Å². The number of carbonyl (C=O) groups excluding carboxylic acids is 1. The molecule has 1 amide bonds. The lowest BCUT2D eigenvalue weighted by molar-refractivity contribution is 0.0955. The van der Waals surface area contributed by atoms with Crippen molar-refractivity contribution in [1.82, 2.24) is 10.4 Å². The second-order valence-electron chi connectivity index (χ2n) is 5.79. The zero-order valence-corrected chi connectivity index (χ0v) is 16.3. The third kappa shape index (κ3) is 5.67. The molecule has 1 N–H and O–H groups in total. The smallest absolute Gasteiger partial charge is 0.267 e. The molecular formula is C21H18ClN3OS. The van der Waals surface area contributed by atoms with Crippen LogP contribution in [-0.2, 0) is 5.75 Å². The first-order valence-corrected chi connectivity index (χ1v) is 9.71. The number of rotatable bonds is 6. The van der Waals surface area contributed by atoms with Crippen LogP contribution in [0.4, 0.5) is 0 Å². The number of hydrogen-bond donors (Lipinski definition) is 1. The van der Waals surface area contributed by atoms with Crippen LogP contribution in [-0.4, -0.2) is 16.6 Å². The number of amides is 1. The Bertz CT molecular complexity index is 926. The lowest BCUT2D eigenvalue weighted by Crippen LogP contribution is -2.19. The summed E-state index contributed by atoms with van der Waals surface area (Å²) in [6, 6.07) is 20.8. The van der Waals surface area contributed by atoms with Gasteiger partial charge in [-0.15, -0.1) is 11.8 Å². The van der Waals surface area contributed by atoms with Crippen molar-refractivity contribution in [2.45, 2.75) is 17.6 Å². The van der Waals surface area contributed by atoms with Crippen LogP contribution >= 0.6 is 23.4 Å². The van der Waals surface area contributed by atoms with Crippen LogP contribution in [0.15, 0.2) is 82.9 Å². The highest BCUT2D eigenvalue weighted by atomic mass is 35.5. The molecule has 0 unspecified atom stereocenters. The van der Waals surface area contributed by atoms with E-state index in [1.54, 1.807) is 37.0 Å². The molecule has 3 rings (SSSR count). The summed E-state index contributed by atoms with van der Waals surface area (Å²) in [5, 5.41) is 4.85. The van der Waals surface area contributed by atoms with Crippen LogP contribution in [0.1, 0.15) is 28.5 Å². The van der Waals surface area contributed by atoms with E-state index in [0.29, 0.717) is 11.3 Å². The van der Waals surface area contributed by atoms with Gasteiger partial charge in [0.2, 0.25) is 0 Å². The fraction of sp³-hybridized carbons (Fsp3) is 0.0952. The molecule has 0 fully saturated rings. The van der Waals surface area contributed by atoms with E-state index < -0.39 is 0 Å². The summed E-state index contributed by atoms with van der Waals surface area (Å²) in [6.07, 6.45) is 1.69. The van der Waals surface area contributed by atoms with Gasteiger partial charge in [-0.25, -0.2) is 5.43 Å². The Kier molecular flexibility index (Phi) is 6.63. The van der Waals surface area contributed by atoms with Crippen LogP contribution in [0.25, 0.3) is 0 Å². The highest BCUT2D eigenvalue weighted by Crippen LogP contribution is 2.24. The van der Waals surface area contributed by atoms with E-state index >= 15 is 0 Å². The van der Waals surface area contributed by atoms with Crippen LogP contribution in [0.2, 0.25) is 5.02 Å². The number of hydrazone groups is 1. The van der Waals surface area contributed by atoms with Crippen molar-refractivity contribution in [1.29, 1.82) is 0 Å². The van der Waals surface area contributed by atoms with Crippen LogP contribution in [0, 0.1) is 0 Å². The molecule has 0 aliphatic heterocycles. The Balaban J connectivity index is 1.56. The number of hydrogen-bond acceptors (Lipinski definition) is 4.